The summed E-state index contributed by atoms with van der Waals surface area (Å²) in [7, 11) is 0. The third-order valence-corrected chi connectivity index (χ3v) is 3.17. The molecule has 90 valence electrons. The fraction of sp³-hybridized carbons (Fsp3) is 0.333. The Morgan fingerprint density at radius 1 is 1.47 bits per heavy atom. The van der Waals surface area contributed by atoms with Gasteiger partial charge in [-0.05, 0) is 12.5 Å². The van der Waals surface area contributed by atoms with Gasteiger partial charge in [0.1, 0.15) is 12.6 Å². The maximum Gasteiger partial charge on any atom is 0.417 e. The smallest absolute Gasteiger partial charge is 0.417 e. The molecule has 1 saturated heterocycles. The molecule has 0 N–H and O–H groups in total. The lowest BCUT2D eigenvalue weighted by atomic mass is 10.1. The Bertz CT molecular complexity index is 433. The summed E-state index contributed by atoms with van der Waals surface area (Å²) in [5.74, 6) is -0.207. The maximum absolute atomic E-state index is 12.0. The van der Waals surface area contributed by atoms with E-state index in [2.05, 4.69) is 0 Å². The van der Waals surface area contributed by atoms with Crippen LogP contribution in [0.5, 0.6) is 0 Å². The Hall–Kier alpha value is -1.11. The standard InChI is InChI=1S/C12H12INO3/c1-8(13)11(15)14-10(7-17-12(14)16)9-5-3-2-4-6-9/h2-6,8,10H,7H2,1H3/t8?,10-/m1/s1. The number of alkyl halides is 1. The first-order valence-corrected chi connectivity index (χ1v) is 6.54. The van der Waals surface area contributed by atoms with E-state index < -0.39 is 6.09 Å². The Labute approximate surface area is 113 Å². The first-order chi connectivity index (χ1) is 8.11. The van der Waals surface area contributed by atoms with Crippen molar-refractivity contribution < 1.29 is 14.3 Å². The highest BCUT2D eigenvalue weighted by atomic mass is 127. The van der Waals surface area contributed by atoms with Crippen LogP contribution in [0.15, 0.2) is 30.3 Å². The molecular formula is C12H12INO3. The predicted molar refractivity (Wildman–Crippen MR) is 70.9 cm³/mol. The molecule has 0 radical (unpaired) electrons. The van der Waals surface area contributed by atoms with E-state index in [1.165, 1.54) is 4.90 Å². The summed E-state index contributed by atoms with van der Waals surface area (Å²) >= 11 is 2.00. The van der Waals surface area contributed by atoms with Crippen molar-refractivity contribution in [3.63, 3.8) is 0 Å². The number of carbonyl (C=O) groups excluding carboxylic acids is 2. The molecular weight excluding hydrogens is 333 g/mol. The molecule has 4 nitrogen and oxygen atoms in total. The number of halogens is 1. The third-order valence-electron chi connectivity index (χ3n) is 2.64. The quantitative estimate of drug-likeness (QED) is 0.611. The van der Waals surface area contributed by atoms with Crippen molar-refractivity contribution in [1.29, 1.82) is 0 Å². The minimum atomic E-state index is -0.549. The lowest BCUT2D eigenvalue weighted by Crippen LogP contribution is -2.38. The molecule has 0 aliphatic carbocycles. The molecule has 2 atom stereocenters. The average Bonchev–Trinajstić information content (AvgIpc) is 2.71. The number of hydrogen-bond acceptors (Lipinski definition) is 3. The lowest BCUT2D eigenvalue weighted by Gasteiger charge is -2.20. The molecule has 1 aliphatic rings. The monoisotopic (exact) mass is 345 g/mol. The van der Waals surface area contributed by atoms with E-state index in [-0.39, 0.29) is 22.5 Å². The number of nitrogens with zero attached hydrogens (tertiary/aromatic N) is 1. The van der Waals surface area contributed by atoms with Crippen molar-refractivity contribution in [1.82, 2.24) is 4.90 Å². The zero-order valence-corrected chi connectivity index (χ0v) is 11.5. The molecule has 1 fully saturated rings. The summed E-state index contributed by atoms with van der Waals surface area (Å²) in [6, 6.07) is 9.15. The van der Waals surface area contributed by atoms with Gasteiger partial charge in [0.05, 0.1) is 3.92 Å². The second kappa shape index (κ2) is 5.03. The second-order valence-electron chi connectivity index (χ2n) is 3.83. The molecule has 1 aromatic rings. The van der Waals surface area contributed by atoms with E-state index >= 15 is 0 Å². The van der Waals surface area contributed by atoms with Gasteiger partial charge in [-0.3, -0.25) is 4.79 Å². The lowest BCUT2D eigenvalue weighted by molar-refractivity contribution is -0.128. The first-order valence-electron chi connectivity index (χ1n) is 5.30. The van der Waals surface area contributed by atoms with Crippen LogP contribution in [-0.4, -0.2) is 27.4 Å². The number of benzene rings is 1. The van der Waals surface area contributed by atoms with Crippen molar-refractivity contribution in [2.45, 2.75) is 16.9 Å². The third kappa shape index (κ3) is 2.43. The van der Waals surface area contributed by atoms with Gasteiger partial charge in [-0.15, -0.1) is 0 Å². The molecule has 1 aromatic carbocycles. The van der Waals surface area contributed by atoms with Crippen molar-refractivity contribution >= 4 is 34.6 Å². The number of rotatable bonds is 2. The van der Waals surface area contributed by atoms with Crippen LogP contribution < -0.4 is 0 Å². The second-order valence-corrected chi connectivity index (χ2v) is 5.70. The van der Waals surface area contributed by atoms with Crippen LogP contribution in [-0.2, 0) is 9.53 Å². The molecule has 0 bridgehead atoms. The minimum absolute atomic E-state index is 0.207. The molecule has 0 aromatic heterocycles. The zero-order valence-electron chi connectivity index (χ0n) is 9.30. The van der Waals surface area contributed by atoms with Crippen LogP contribution >= 0.6 is 22.6 Å². The van der Waals surface area contributed by atoms with Gasteiger partial charge in [-0.25, -0.2) is 9.69 Å². The Kier molecular flexibility index (Phi) is 3.66. The van der Waals surface area contributed by atoms with Crippen molar-refractivity contribution in [2.75, 3.05) is 6.61 Å². The maximum atomic E-state index is 12.0. The largest absolute Gasteiger partial charge is 0.446 e. The van der Waals surface area contributed by atoms with Crippen molar-refractivity contribution in [3.05, 3.63) is 35.9 Å². The zero-order chi connectivity index (χ0) is 12.4. The van der Waals surface area contributed by atoms with E-state index in [1.54, 1.807) is 6.92 Å². The number of carbonyl (C=O) groups is 2. The van der Waals surface area contributed by atoms with Crippen LogP contribution in [0.3, 0.4) is 0 Å². The minimum Gasteiger partial charge on any atom is -0.446 e. The normalized spacial score (nSPS) is 21.2. The van der Waals surface area contributed by atoms with E-state index in [0.29, 0.717) is 0 Å². The summed E-state index contributed by atoms with van der Waals surface area (Å²) < 4.78 is 4.72. The average molecular weight is 345 g/mol. The SMILES string of the molecule is CC(I)C(=O)N1C(=O)OC[C@@H]1c1ccccc1. The van der Waals surface area contributed by atoms with Gasteiger partial charge in [0, 0.05) is 0 Å². The fourth-order valence-corrected chi connectivity index (χ4v) is 2.08. The first kappa shape index (κ1) is 12.3. The summed E-state index contributed by atoms with van der Waals surface area (Å²) in [5.41, 5.74) is 0.920. The topological polar surface area (TPSA) is 46.6 Å². The van der Waals surface area contributed by atoms with Gasteiger partial charge in [0.15, 0.2) is 0 Å². The molecule has 17 heavy (non-hydrogen) atoms. The number of ether oxygens (including phenoxy) is 1. The Morgan fingerprint density at radius 2 is 2.12 bits per heavy atom. The number of cyclic esters (lactones) is 1. The van der Waals surface area contributed by atoms with Crippen LogP contribution in [0, 0.1) is 0 Å². The van der Waals surface area contributed by atoms with Gasteiger partial charge < -0.3 is 4.74 Å². The fourth-order valence-electron chi connectivity index (χ4n) is 1.78. The predicted octanol–water partition coefficient (Wildman–Crippen LogP) is 2.53. The molecule has 5 heteroatoms. The summed E-state index contributed by atoms with van der Waals surface area (Å²) in [6.07, 6.45) is -0.549. The number of hydrogen-bond donors (Lipinski definition) is 0. The van der Waals surface area contributed by atoms with Gasteiger partial charge in [0.2, 0.25) is 5.91 Å². The summed E-state index contributed by atoms with van der Waals surface area (Å²) in [4.78, 5) is 24.8. The number of amides is 2. The summed E-state index contributed by atoms with van der Waals surface area (Å²) in [5, 5.41) is 0. The highest BCUT2D eigenvalue weighted by Gasteiger charge is 2.39. The molecule has 2 rings (SSSR count). The van der Waals surface area contributed by atoms with Gasteiger partial charge in [-0.2, -0.15) is 0 Å². The van der Waals surface area contributed by atoms with Crippen LogP contribution in [0.2, 0.25) is 0 Å². The van der Waals surface area contributed by atoms with E-state index in [0.717, 1.165) is 5.56 Å². The molecule has 1 unspecified atom stereocenters. The van der Waals surface area contributed by atoms with E-state index in [4.69, 9.17) is 4.74 Å². The Morgan fingerprint density at radius 3 is 2.71 bits per heavy atom. The van der Waals surface area contributed by atoms with Crippen LogP contribution in [0.4, 0.5) is 4.79 Å². The van der Waals surface area contributed by atoms with Crippen molar-refractivity contribution in [3.8, 4) is 0 Å². The van der Waals surface area contributed by atoms with Crippen molar-refractivity contribution in [2.24, 2.45) is 0 Å². The molecule has 1 heterocycles. The highest BCUT2D eigenvalue weighted by molar-refractivity contribution is 14.1. The highest BCUT2D eigenvalue weighted by Crippen LogP contribution is 2.29. The molecule has 0 spiro atoms. The molecule has 1 aliphatic heterocycles. The van der Waals surface area contributed by atoms with Gasteiger partial charge in [0.25, 0.3) is 0 Å². The molecule has 2 amide bonds. The van der Waals surface area contributed by atoms with Gasteiger partial charge >= 0.3 is 6.09 Å². The van der Waals surface area contributed by atoms with E-state index in [9.17, 15) is 9.59 Å². The van der Waals surface area contributed by atoms with Gasteiger partial charge in [-0.1, -0.05) is 52.9 Å². The summed E-state index contributed by atoms with van der Waals surface area (Å²) in [6.45, 7) is 1.99. The van der Waals surface area contributed by atoms with Crippen LogP contribution in [0.25, 0.3) is 0 Å². The molecule has 0 saturated carbocycles. The van der Waals surface area contributed by atoms with Crippen LogP contribution in [0.1, 0.15) is 18.5 Å². The Balaban J connectivity index is 2.29. The number of imide groups is 1. The van der Waals surface area contributed by atoms with E-state index in [1.807, 2.05) is 52.9 Å².